The van der Waals surface area contributed by atoms with Crippen molar-refractivity contribution in [3.05, 3.63) is 41.4 Å². The van der Waals surface area contributed by atoms with Crippen LogP contribution in [-0.4, -0.2) is 59.0 Å². The van der Waals surface area contributed by atoms with Gasteiger partial charge in [-0.2, -0.15) is 5.26 Å². The number of fused-ring (bicyclic) bond motifs is 1. The van der Waals surface area contributed by atoms with Crippen LogP contribution < -0.4 is 5.32 Å². The number of aromatic nitrogens is 2. The highest BCUT2D eigenvalue weighted by Gasteiger charge is 2.31. The molecule has 7 heteroatoms. The third-order valence-electron chi connectivity index (χ3n) is 5.82. The van der Waals surface area contributed by atoms with Crippen LogP contribution in [0.4, 0.5) is 0 Å². The first-order valence-electron chi connectivity index (χ1n) is 10.3. The fourth-order valence-electron chi connectivity index (χ4n) is 4.10. The zero-order valence-corrected chi connectivity index (χ0v) is 17.0. The Bertz CT molecular complexity index is 957. The minimum Gasteiger partial charge on any atom is -0.386 e. The Labute approximate surface area is 171 Å². The molecule has 0 spiro atoms. The lowest BCUT2D eigenvalue weighted by atomic mass is 9.90. The number of pyridine rings is 1. The Balaban J connectivity index is 1.53. The zero-order valence-electron chi connectivity index (χ0n) is 17.0. The summed E-state index contributed by atoms with van der Waals surface area (Å²) in [5, 5.41) is 22.3. The van der Waals surface area contributed by atoms with Crippen LogP contribution in [0.3, 0.4) is 0 Å². The van der Waals surface area contributed by atoms with E-state index in [4.69, 9.17) is 10.1 Å². The van der Waals surface area contributed by atoms with E-state index < -0.39 is 0 Å². The first-order chi connectivity index (χ1) is 14.0. The van der Waals surface area contributed by atoms with Crippen molar-refractivity contribution in [2.45, 2.75) is 38.8 Å². The summed E-state index contributed by atoms with van der Waals surface area (Å²) in [6.45, 7) is 8.13. The second kappa shape index (κ2) is 8.36. The molecule has 0 atom stereocenters. The average Bonchev–Trinajstić information content (AvgIpc) is 3.08. The summed E-state index contributed by atoms with van der Waals surface area (Å²) in [6, 6.07) is 4.95. The van der Waals surface area contributed by atoms with Gasteiger partial charge in [0.2, 0.25) is 0 Å². The largest absolute Gasteiger partial charge is 0.386 e. The molecule has 0 radical (unpaired) electrons. The van der Waals surface area contributed by atoms with Gasteiger partial charge >= 0.3 is 0 Å². The Morgan fingerprint density at radius 1 is 1.41 bits per heavy atom. The predicted octanol–water partition coefficient (Wildman–Crippen LogP) is 2.80. The minimum absolute atomic E-state index is 0.308. The van der Waals surface area contributed by atoms with Gasteiger partial charge in [-0.1, -0.05) is 0 Å². The van der Waals surface area contributed by atoms with Crippen LogP contribution >= 0.6 is 0 Å². The maximum absolute atomic E-state index is 9.27. The van der Waals surface area contributed by atoms with Gasteiger partial charge in [-0.25, -0.2) is 4.98 Å². The Kier molecular flexibility index (Phi) is 5.65. The highest BCUT2D eigenvalue weighted by molar-refractivity contribution is 6.08. The topological polar surface area (TPSA) is 101 Å². The van der Waals surface area contributed by atoms with E-state index in [0.29, 0.717) is 34.9 Å². The second-order valence-corrected chi connectivity index (χ2v) is 8.25. The van der Waals surface area contributed by atoms with Crippen molar-refractivity contribution < 1.29 is 4.74 Å². The summed E-state index contributed by atoms with van der Waals surface area (Å²) in [6.07, 6.45) is 7.49. The molecule has 3 N–H and O–H groups in total. The number of allylic oxidation sites excluding steroid dienone is 2. The van der Waals surface area contributed by atoms with Gasteiger partial charge in [0, 0.05) is 41.0 Å². The number of hydrogen-bond acceptors (Lipinski definition) is 6. The number of nitrogens with one attached hydrogen (secondary N) is 3. The molecule has 2 aliphatic rings. The zero-order chi connectivity index (χ0) is 20.4. The van der Waals surface area contributed by atoms with Gasteiger partial charge in [0.15, 0.2) is 0 Å². The quantitative estimate of drug-likeness (QED) is 0.656. The molecule has 0 amide bonds. The number of ether oxygens (including phenoxy) is 1. The van der Waals surface area contributed by atoms with E-state index in [1.165, 1.54) is 0 Å². The van der Waals surface area contributed by atoms with E-state index in [0.717, 1.165) is 55.8 Å². The van der Waals surface area contributed by atoms with Crippen molar-refractivity contribution in [1.29, 1.82) is 10.7 Å². The lowest BCUT2D eigenvalue weighted by Gasteiger charge is -2.42. The third kappa shape index (κ3) is 4.19. The standard InChI is InChI=1S/C22H28N6O/c1-14(2)27-21(15-3-5-28(6-4-15)18-12-29-13-18)8-20(24)16-7-19-17(9-23)11-26-22(19)25-10-16/h7-8,10-11,14-15,18,24,27H,3-6,12-13H2,1-2H3,(H,25,26)/b21-8-,24-20?. The molecule has 2 aliphatic heterocycles. The van der Waals surface area contributed by atoms with Gasteiger partial charge in [0.1, 0.15) is 11.7 Å². The molecule has 7 nitrogen and oxygen atoms in total. The predicted molar refractivity (Wildman–Crippen MR) is 113 cm³/mol. The molecular weight excluding hydrogens is 364 g/mol. The normalized spacial score (nSPS) is 19.3. The fourth-order valence-corrected chi connectivity index (χ4v) is 4.10. The van der Waals surface area contributed by atoms with Crippen molar-refractivity contribution in [1.82, 2.24) is 20.2 Å². The summed E-state index contributed by atoms with van der Waals surface area (Å²) in [5.74, 6) is 0.425. The number of nitrogens with zero attached hydrogens (tertiary/aromatic N) is 3. The number of piperidine rings is 1. The fraction of sp³-hybridized carbons (Fsp3) is 0.500. The van der Waals surface area contributed by atoms with Gasteiger partial charge in [0.25, 0.3) is 0 Å². The monoisotopic (exact) mass is 392 g/mol. The number of likely N-dealkylation sites (tertiary alicyclic amines) is 1. The van der Waals surface area contributed by atoms with Crippen LogP contribution in [0.2, 0.25) is 0 Å². The molecule has 0 aromatic carbocycles. The lowest BCUT2D eigenvalue weighted by Crippen LogP contribution is -2.52. The molecule has 2 aromatic rings. The Morgan fingerprint density at radius 3 is 2.79 bits per heavy atom. The van der Waals surface area contributed by atoms with Crippen LogP contribution in [0, 0.1) is 22.7 Å². The maximum Gasteiger partial charge on any atom is 0.138 e. The number of nitriles is 1. The number of hydrogen-bond donors (Lipinski definition) is 3. The molecular formula is C22H28N6O. The highest BCUT2D eigenvalue weighted by Crippen LogP contribution is 2.27. The first kappa shape index (κ1) is 19.6. The van der Waals surface area contributed by atoms with Crippen LogP contribution in [0.1, 0.15) is 37.8 Å². The maximum atomic E-state index is 9.27. The smallest absolute Gasteiger partial charge is 0.138 e. The van der Waals surface area contributed by atoms with E-state index >= 15 is 0 Å². The summed E-state index contributed by atoms with van der Waals surface area (Å²) in [5.41, 5.74) is 3.50. The molecule has 152 valence electrons. The van der Waals surface area contributed by atoms with E-state index in [2.05, 4.69) is 40.1 Å². The molecule has 0 unspecified atom stereocenters. The van der Waals surface area contributed by atoms with Crippen molar-refractivity contribution in [3.63, 3.8) is 0 Å². The van der Waals surface area contributed by atoms with Crippen LogP contribution in [-0.2, 0) is 4.74 Å². The van der Waals surface area contributed by atoms with E-state index in [1.54, 1.807) is 12.4 Å². The van der Waals surface area contributed by atoms with Gasteiger partial charge in [-0.15, -0.1) is 0 Å². The molecule has 2 fully saturated rings. The van der Waals surface area contributed by atoms with Crippen molar-refractivity contribution in [3.8, 4) is 6.07 Å². The third-order valence-corrected chi connectivity index (χ3v) is 5.82. The van der Waals surface area contributed by atoms with E-state index in [9.17, 15) is 5.26 Å². The second-order valence-electron chi connectivity index (χ2n) is 8.25. The van der Waals surface area contributed by atoms with E-state index in [1.807, 2.05) is 12.1 Å². The van der Waals surface area contributed by atoms with Crippen LogP contribution in [0.5, 0.6) is 0 Å². The molecule has 0 saturated carbocycles. The van der Waals surface area contributed by atoms with Crippen molar-refractivity contribution in [2.75, 3.05) is 26.3 Å². The average molecular weight is 393 g/mol. The Morgan fingerprint density at radius 2 is 2.17 bits per heavy atom. The SMILES string of the molecule is CC(C)N/C(=C\C(=N)c1cnc2[nH]cc(C#N)c2c1)C1CCN(C2COC2)CC1. The highest BCUT2D eigenvalue weighted by atomic mass is 16.5. The summed E-state index contributed by atoms with van der Waals surface area (Å²) in [4.78, 5) is 9.92. The Hall–Kier alpha value is -2.69. The number of aromatic amines is 1. The molecule has 2 saturated heterocycles. The molecule has 4 heterocycles. The minimum atomic E-state index is 0.308. The van der Waals surface area contributed by atoms with Gasteiger partial charge < -0.3 is 20.4 Å². The summed E-state index contributed by atoms with van der Waals surface area (Å²) in [7, 11) is 0. The molecule has 2 aromatic heterocycles. The lowest BCUT2D eigenvalue weighted by molar-refractivity contribution is -0.0727. The number of rotatable bonds is 6. The van der Waals surface area contributed by atoms with Crippen molar-refractivity contribution in [2.24, 2.45) is 5.92 Å². The molecule has 29 heavy (non-hydrogen) atoms. The number of H-pyrrole nitrogens is 1. The van der Waals surface area contributed by atoms with E-state index in [-0.39, 0.29) is 0 Å². The van der Waals surface area contributed by atoms with Crippen molar-refractivity contribution >= 4 is 16.7 Å². The molecule has 0 bridgehead atoms. The summed E-state index contributed by atoms with van der Waals surface area (Å²) < 4.78 is 5.34. The van der Waals surface area contributed by atoms with Crippen LogP contribution in [0.15, 0.2) is 30.2 Å². The summed E-state index contributed by atoms with van der Waals surface area (Å²) >= 11 is 0. The molecule has 4 rings (SSSR count). The first-order valence-corrected chi connectivity index (χ1v) is 10.3. The van der Waals surface area contributed by atoms with Crippen LogP contribution in [0.25, 0.3) is 11.0 Å². The van der Waals surface area contributed by atoms with Gasteiger partial charge in [-0.05, 0) is 51.9 Å². The molecule has 0 aliphatic carbocycles. The van der Waals surface area contributed by atoms with Gasteiger partial charge in [-0.3, -0.25) is 4.90 Å². The van der Waals surface area contributed by atoms with Gasteiger partial charge in [0.05, 0.1) is 30.5 Å².